The fourth-order valence-electron chi connectivity index (χ4n) is 4.56. The predicted molar refractivity (Wildman–Crippen MR) is 102 cm³/mol. The summed E-state index contributed by atoms with van der Waals surface area (Å²) in [6, 6.07) is 15.9. The zero-order chi connectivity index (χ0) is 17.7. The first kappa shape index (κ1) is 15.8. The molecule has 0 N–H and O–H groups in total. The summed E-state index contributed by atoms with van der Waals surface area (Å²) in [6.07, 6.45) is 3.51. The van der Waals surface area contributed by atoms with E-state index in [1.54, 1.807) is 17.4 Å². The highest BCUT2D eigenvalue weighted by molar-refractivity contribution is 7.18. The fourth-order valence-corrected chi connectivity index (χ4v) is 5.72. The molecule has 0 radical (unpaired) electrons. The molecule has 2 unspecified atom stereocenters. The molecule has 2 aliphatic heterocycles. The first-order chi connectivity index (χ1) is 12.7. The number of benzene rings is 2. The highest BCUT2D eigenvalue weighted by Crippen LogP contribution is 2.48. The number of rotatable bonds is 1. The molecule has 0 amide bonds. The molecule has 0 saturated carbocycles. The number of thiazole rings is 1. The van der Waals surface area contributed by atoms with Crippen LogP contribution in [-0.4, -0.2) is 17.6 Å². The Morgan fingerprint density at radius 3 is 2.92 bits per heavy atom. The van der Waals surface area contributed by atoms with E-state index in [-0.39, 0.29) is 11.9 Å². The molecule has 2 atom stereocenters. The molecule has 5 rings (SSSR count). The Morgan fingerprint density at radius 1 is 1.19 bits per heavy atom. The van der Waals surface area contributed by atoms with Crippen LogP contribution >= 0.6 is 11.3 Å². The van der Waals surface area contributed by atoms with Gasteiger partial charge in [-0.2, -0.15) is 5.26 Å². The minimum absolute atomic E-state index is 0.0520. The lowest BCUT2D eigenvalue weighted by molar-refractivity contribution is 0.319. The van der Waals surface area contributed by atoms with Gasteiger partial charge in [0.05, 0.1) is 22.3 Å². The topological polar surface area (TPSA) is 39.9 Å². The van der Waals surface area contributed by atoms with Crippen LogP contribution in [0.1, 0.15) is 29.8 Å². The van der Waals surface area contributed by atoms with Gasteiger partial charge < -0.3 is 4.90 Å². The number of nitriles is 1. The Morgan fingerprint density at radius 2 is 2.08 bits per heavy atom. The van der Waals surface area contributed by atoms with Crippen molar-refractivity contribution in [3.63, 3.8) is 0 Å². The van der Waals surface area contributed by atoms with Crippen LogP contribution in [-0.2, 0) is 11.8 Å². The van der Waals surface area contributed by atoms with Crippen LogP contribution in [0.2, 0.25) is 0 Å². The van der Waals surface area contributed by atoms with E-state index in [4.69, 9.17) is 4.98 Å². The van der Waals surface area contributed by atoms with E-state index < -0.39 is 5.41 Å². The maximum Gasteiger partial charge on any atom is 0.133 e. The summed E-state index contributed by atoms with van der Waals surface area (Å²) in [4.78, 5) is 7.08. The second-order valence-electron chi connectivity index (χ2n) is 7.19. The van der Waals surface area contributed by atoms with Crippen molar-refractivity contribution < 1.29 is 4.39 Å². The molecule has 3 aromatic rings. The summed E-state index contributed by atoms with van der Waals surface area (Å²) in [5.74, 6) is -0.216. The monoisotopic (exact) mass is 363 g/mol. The van der Waals surface area contributed by atoms with Crippen molar-refractivity contribution >= 4 is 27.2 Å². The minimum atomic E-state index is -0.792. The standard InChI is InChI=1S/C21H18FN3S/c22-15-6-5-8-17-14(15)12-21(13-23,19-10-3-4-11-25(17)19)20-24-16-7-1-2-9-18(16)26-20/h1-2,5-9,19H,3-4,10-12H2. The zero-order valence-corrected chi connectivity index (χ0v) is 15.1. The number of piperidine rings is 1. The second kappa shape index (κ2) is 5.78. The van der Waals surface area contributed by atoms with E-state index in [9.17, 15) is 9.65 Å². The van der Waals surface area contributed by atoms with Gasteiger partial charge in [0.15, 0.2) is 0 Å². The average molecular weight is 363 g/mol. The molecular weight excluding hydrogens is 345 g/mol. The van der Waals surface area contributed by atoms with E-state index >= 15 is 0 Å². The zero-order valence-electron chi connectivity index (χ0n) is 14.3. The Kier molecular flexibility index (Phi) is 3.51. The number of hydrogen-bond acceptors (Lipinski definition) is 4. The maximum absolute atomic E-state index is 14.7. The van der Waals surface area contributed by atoms with Crippen molar-refractivity contribution in [2.24, 2.45) is 0 Å². The number of aromatic nitrogens is 1. The first-order valence-electron chi connectivity index (χ1n) is 9.04. The molecule has 2 aliphatic rings. The minimum Gasteiger partial charge on any atom is -0.366 e. The van der Waals surface area contributed by atoms with E-state index in [1.807, 2.05) is 30.3 Å². The number of nitrogens with zero attached hydrogens (tertiary/aromatic N) is 3. The third kappa shape index (κ3) is 2.12. The third-order valence-electron chi connectivity index (χ3n) is 5.81. The Hall–Kier alpha value is -2.45. The molecular formula is C21H18FN3S. The average Bonchev–Trinajstić information content (AvgIpc) is 3.12. The molecule has 0 spiro atoms. The Balaban J connectivity index is 1.74. The Labute approximate surface area is 155 Å². The van der Waals surface area contributed by atoms with Gasteiger partial charge in [-0.25, -0.2) is 9.37 Å². The molecule has 0 aliphatic carbocycles. The van der Waals surface area contributed by atoms with Gasteiger partial charge in [0.25, 0.3) is 0 Å². The number of hydrogen-bond donors (Lipinski definition) is 0. The molecule has 130 valence electrons. The quantitative estimate of drug-likeness (QED) is 0.623. The summed E-state index contributed by atoms with van der Waals surface area (Å²) in [5, 5.41) is 11.2. The van der Waals surface area contributed by atoms with Crippen LogP contribution in [0.5, 0.6) is 0 Å². The lowest BCUT2D eigenvalue weighted by atomic mass is 9.69. The molecule has 1 saturated heterocycles. The predicted octanol–water partition coefficient (Wildman–Crippen LogP) is 4.81. The largest absolute Gasteiger partial charge is 0.366 e. The highest BCUT2D eigenvalue weighted by Gasteiger charge is 2.51. The fraction of sp³-hybridized carbons (Fsp3) is 0.333. The van der Waals surface area contributed by atoms with Crippen LogP contribution < -0.4 is 4.90 Å². The number of anilines is 1. The van der Waals surface area contributed by atoms with E-state index in [2.05, 4.69) is 11.0 Å². The Bertz CT molecular complexity index is 1000. The van der Waals surface area contributed by atoms with Gasteiger partial charge in [0.2, 0.25) is 0 Å². The molecule has 0 bridgehead atoms. The first-order valence-corrected chi connectivity index (χ1v) is 9.86. The van der Waals surface area contributed by atoms with Crippen LogP contribution in [0.3, 0.4) is 0 Å². The van der Waals surface area contributed by atoms with Gasteiger partial charge in [-0.05, 0) is 43.5 Å². The molecule has 1 fully saturated rings. The number of halogens is 1. The molecule has 5 heteroatoms. The van der Waals surface area contributed by atoms with Crippen LogP contribution in [0.4, 0.5) is 10.1 Å². The molecule has 2 aromatic carbocycles. The number of para-hydroxylation sites is 1. The van der Waals surface area contributed by atoms with Crippen molar-refractivity contribution in [2.45, 2.75) is 37.1 Å². The SMILES string of the molecule is N#CC1(c2nc3ccccc3s2)Cc2c(F)cccc2N2CCCCC21. The normalized spacial score (nSPS) is 24.8. The summed E-state index contributed by atoms with van der Waals surface area (Å²) < 4.78 is 15.8. The van der Waals surface area contributed by atoms with Crippen LogP contribution in [0.25, 0.3) is 10.2 Å². The highest BCUT2D eigenvalue weighted by atomic mass is 32.1. The second-order valence-corrected chi connectivity index (χ2v) is 8.22. The third-order valence-corrected chi connectivity index (χ3v) is 7.02. The summed E-state index contributed by atoms with van der Waals surface area (Å²) >= 11 is 1.58. The maximum atomic E-state index is 14.7. The van der Waals surface area contributed by atoms with Crippen molar-refractivity contribution in [2.75, 3.05) is 11.4 Å². The van der Waals surface area contributed by atoms with Gasteiger partial charge in [0.1, 0.15) is 16.2 Å². The van der Waals surface area contributed by atoms with E-state index in [0.717, 1.165) is 46.7 Å². The summed E-state index contributed by atoms with van der Waals surface area (Å²) in [6.45, 7) is 0.870. The lowest BCUT2D eigenvalue weighted by Crippen LogP contribution is -2.57. The number of fused-ring (bicyclic) bond motifs is 4. The lowest BCUT2D eigenvalue weighted by Gasteiger charge is -2.49. The molecule has 26 heavy (non-hydrogen) atoms. The molecule has 3 nitrogen and oxygen atoms in total. The van der Waals surface area contributed by atoms with Crippen molar-refractivity contribution in [1.29, 1.82) is 5.26 Å². The van der Waals surface area contributed by atoms with Gasteiger partial charge in [0, 0.05) is 24.2 Å². The van der Waals surface area contributed by atoms with Crippen molar-refractivity contribution in [3.05, 3.63) is 58.9 Å². The van der Waals surface area contributed by atoms with E-state index in [0.29, 0.717) is 12.0 Å². The van der Waals surface area contributed by atoms with Crippen LogP contribution in [0, 0.1) is 17.1 Å². The van der Waals surface area contributed by atoms with Crippen molar-refractivity contribution in [1.82, 2.24) is 4.98 Å². The van der Waals surface area contributed by atoms with E-state index in [1.165, 1.54) is 6.07 Å². The van der Waals surface area contributed by atoms with Gasteiger partial charge in [-0.3, -0.25) is 0 Å². The summed E-state index contributed by atoms with van der Waals surface area (Å²) in [7, 11) is 0. The van der Waals surface area contributed by atoms with Gasteiger partial charge in [-0.1, -0.05) is 18.2 Å². The van der Waals surface area contributed by atoms with Crippen molar-refractivity contribution in [3.8, 4) is 6.07 Å². The molecule has 3 heterocycles. The van der Waals surface area contributed by atoms with Gasteiger partial charge in [-0.15, -0.1) is 11.3 Å². The summed E-state index contributed by atoms with van der Waals surface area (Å²) in [5.41, 5.74) is 1.75. The van der Waals surface area contributed by atoms with Gasteiger partial charge >= 0.3 is 0 Å². The van der Waals surface area contributed by atoms with Crippen LogP contribution in [0.15, 0.2) is 42.5 Å². The smallest absolute Gasteiger partial charge is 0.133 e. The molecule has 1 aromatic heterocycles.